The summed E-state index contributed by atoms with van der Waals surface area (Å²) in [6.45, 7) is 5.18. The first-order valence-corrected chi connectivity index (χ1v) is 14.2. The van der Waals surface area contributed by atoms with Crippen molar-refractivity contribution in [1.29, 1.82) is 0 Å². The standard InChI is InChI=1S/C29H34N4O7S/c1-17(2)27(28(38)31-22(14-26(36)37)23(34)16-41-15-19-8-6-5-7-9-19)32-25(35)13-21-12-20(10-11-24(21)39-4)29-30-18(3)33-40-29/h5-12,17,22,27H,13-16H2,1-4H3,(H,31,38)(H,32,35)(H,36,37)/t22?,27-/m0/s1. The maximum Gasteiger partial charge on any atom is 0.305 e. The van der Waals surface area contributed by atoms with Gasteiger partial charge in [0, 0.05) is 16.9 Å². The summed E-state index contributed by atoms with van der Waals surface area (Å²) in [6, 6.07) is 12.4. The third kappa shape index (κ3) is 9.45. The van der Waals surface area contributed by atoms with Crippen LogP contribution in [0.1, 0.15) is 37.2 Å². The molecular formula is C29H34N4O7S. The highest BCUT2D eigenvalue weighted by atomic mass is 32.2. The van der Waals surface area contributed by atoms with Crippen molar-refractivity contribution in [2.75, 3.05) is 12.9 Å². The number of hydrogen-bond donors (Lipinski definition) is 3. The molecule has 1 aromatic heterocycles. The van der Waals surface area contributed by atoms with E-state index in [9.17, 15) is 24.3 Å². The van der Waals surface area contributed by atoms with Crippen LogP contribution < -0.4 is 15.4 Å². The summed E-state index contributed by atoms with van der Waals surface area (Å²) in [5, 5.41) is 18.4. The number of nitrogens with zero attached hydrogens (tertiary/aromatic N) is 2. The van der Waals surface area contributed by atoms with E-state index in [-0.39, 0.29) is 18.1 Å². The molecule has 1 unspecified atom stereocenters. The van der Waals surface area contributed by atoms with Gasteiger partial charge in [-0.1, -0.05) is 49.3 Å². The maximum atomic E-state index is 13.2. The Morgan fingerprint density at radius 3 is 2.41 bits per heavy atom. The molecule has 0 saturated heterocycles. The summed E-state index contributed by atoms with van der Waals surface area (Å²) in [5.41, 5.74) is 2.17. The molecule has 2 amide bonds. The molecule has 0 radical (unpaired) electrons. The van der Waals surface area contributed by atoms with Crippen molar-refractivity contribution < 1.29 is 33.5 Å². The van der Waals surface area contributed by atoms with Gasteiger partial charge in [0.25, 0.3) is 5.89 Å². The minimum absolute atomic E-state index is 0.0293. The Hall–Kier alpha value is -4.19. The number of ketones is 1. The second-order valence-corrected chi connectivity index (χ2v) is 10.7. The monoisotopic (exact) mass is 582 g/mol. The second kappa shape index (κ2) is 15.0. The van der Waals surface area contributed by atoms with E-state index in [4.69, 9.17) is 9.26 Å². The van der Waals surface area contributed by atoms with Gasteiger partial charge in [-0.25, -0.2) is 0 Å². The number of nitrogens with one attached hydrogen (secondary N) is 2. The number of Topliss-reactive ketones (excluding diaryl/α,β-unsaturated/α-hetero) is 1. The number of amides is 2. The van der Waals surface area contributed by atoms with Gasteiger partial charge in [-0.2, -0.15) is 4.98 Å². The summed E-state index contributed by atoms with van der Waals surface area (Å²) in [6.07, 6.45) is -0.678. The van der Waals surface area contributed by atoms with Gasteiger partial charge in [0.05, 0.1) is 31.7 Å². The molecule has 218 valence electrons. The van der Waals surface area contributed by atoms with Crippen LogP contribution in [0.25, 0.3) is 11.5 Å². The van der Waals surface area contributed by atoms with E-state index in [0.29, 0.717) is 34.3 Å². The molecule has 0 aliphatic rings. The first-order chi connectivity index (χ1) is 19.6. The van der Waals surface area contributed by atoms with E-state index in [1.165, 1.54) is 18.9 Å². The lowest BCUT2D eigenvalue weighted by molar-refractivity contribution is -0.140. The first kappa shape index (κ1) is 31.3. The third-order valence-corrected chi connectivity index (χ3v) is 7.14. The summed E-state index contributed by atoms with van der Waals surface area (Å²) in [5.74, 6) is -1.24. The largest absolute Gasteiger partial charge is 0.496 e. The molecule has 0 fully saturated rings. The van der Waals surface area contributed by atoms with Crippen LogP contribution in [-0.2, 0) is 31.4 Å². The predicted octanol–water partition coefficient (Wildman–Crippen LogP) is 3.20. The van der Waals surface area contributed by atoms with Crippen LogP contribution in [0, 0.1) is 12.8 Å². The number of carbonyl (C=O) groups excluding carboxylic acids is 3. The third-order valence-electron chi connectivity index (χ3n) is 6.11. The molecule has 2 atom stereocenters. The Bertz CT molecular complexity index is 1360. The number of carboxylic acid groups (broad SMARTS) is 1. The van der Waals surface area contributed by atoms with Crippen LogP contribution in [0.5, 0.6) is 5.75 Å². The molecular weight excluding hydrogens is 548 g/mol. The van der Waals surface area contributed by atoms with Gasteiger partial charge < -0.3 is 25.0 Å². The van der Waals surface area contributed by atoms with Crippen molar-refractivity contribution in [2.24, 2.45) is 5.92 Å². The summed E-state index contributed by atoms with van der Waals surface area (Å²) < 4.78 is 10.6. The molecule has 3 N–H and O–H groups in total. The van der Waals surface area contributed by atoms with Crippen LogP contribution >= 0.6 is 11.8 Å². The summed E-state index contributed by atoms with van der Waals surface area (Å²) in [4.78, 5) is 54.8. The molecule has 2 aromatic carbocycles. The quantitative estimate of drug-likeness (QED) is 0.243. The number of carbonyl (C=O) groups is 4. The molecule has 1 heterocycles. The number of aliphatic carboxylic acids is 1. The van der Waals surface area contributed by atoms with Gasteiger partial charge in [-0.3, -0.25) is 19.2 Å². The van der Waals surface area contributed by atoms with E-state index in [1.807, 2.05) is 30.3 Å². The molecule has 0 aliphatic carbocycles. The van der Waals surface area contributed by atoms with Crippen molar-refractivity contribution >= 4 is 35.3 Å². The number of rotatable bonds is 15. The van der Waals surface area contributed by atoms with Gasteiger partial charge in [0.1, 0.15) is 11.8 Å². The first-order valence-electron chi connectivity index (χ1n) is 13.0. The molecule has 12 heteroatoms. The predicted molar refractivity (Wildman–Crippen MR) is 153 cm³/mol. The van der Waals surface area contributed by atoms with Crippen LogP contribution in [-0.4, -0.2) is 63.8 Å². The Balaban J connectivity index is 1.66. The number of methoxy groups -OCH3 is 1. The SMILES string of the molecule is COc1ccc(-c2nc(C)no2)cc1CC(=O)N[C@H](C(=O)NC(CC(=O)O)C(=O)CSCc1ccccc1)C(C)C. The molecule has 0 bridgehead atoms. The number of benzene rings is 2. The molecule has 0 spiro atoms. The highest BCUT2D eigenvalue weighted by molar-refractivity contribution is 7.99. The smallest absolute Gasteiger partial charge is 0.305 e. The molecule has 3 rings (SSSR count). The number of thioether (sulfide) groups is 1. The number of aryl methyl sites for hydroxylation is 1. The molecule has 11 nitrogen and oxygen atoms in total. The van der Waals surface area contributed by atoms with Gasteiger partial charge in [0.2, 0.25) is 11.8 Å². The topological polar surface area (TPSA) is 161 Å². The number of ether oxygens (including phenoxy) is 1. The van der Waals surface area contributed by atoms with E-state index >= 15 is 0 Å². The van der Waals surface area contributed by atoms with Gasteiger partial charge in [-0.15, -0.1) is 11.8 Å². The summed E-state index contributed by atoms with van der Waals surface area (Å²) >= 11 is 1.34. The highest BCUT2D eigenvalue weighted by Gasteiger charge is 2.30. The zero-order valence-corrected chi connectivity index (χ0v) is 24.2. The number of hydrogen-bond acceptors (Lipinski definition) is 9. The summed E-state index contributed by atoms with van der Waals surface area (Å²) in [7, 11) is 1.48. The van der Waals surface area contributed by atoms with Crippen LogP contribution in [0.15, 0.2) is 53.1 Å². The van der Waals surface area contributed by atoms with Gasteiger partial charge in [0.15, 0.2) is 11.6 Å². The van der Waals surface area contributed by atoms with Gasteiger partial charge in [-0.05, 0) is 36.6 Å². The van der Waals surface area contributed by atoms with E-state index in [2.05, 4.69) is 20.8 Å². The lowest BCUT2D eigenvalue weighted by Gasteiger charge is -2.25. The van der Waals surface area contributed by atoms with Crippen LogP contribution in [0.4, 0.5) is 0 Å². The lowest BCUT2D eigenvalue weighted by atomic mass is 10.0. The Labute approximate surface area is 242 Å². The van der Waals surface area contributed by atoms with Gasteiger partial charge >= 0.3 is 5.97 Å². The lowest BCUT2D eigenvalue weighted by Crippen LogP contribution is -2.54. The zero-order valence-electron chi connectivity index (χ0n) is 23.4. The average Bonchev–Trinajstić information content (AvgIpc) is 3.37. The fourth-order valence-corrected chi connectivity index (χ4v) is 4.95. The minimum Gasteiger partial charge on any atom is -0.496 e. The van der Waals surface area contributed by atoms with E-state index in [0.717, 1.165) is 5.56 Å². The van der Waals surface area contributed by atoms with Crippen molar-refractivity contribution in [3.8, 4) is 17.2 Å². The fraction of sp³-hybridized carbons (Fsp3) is 0.379. The second-order valence-electron chi connectivity index (χ2n) is 9.74. The Morgan fingerprint density at radius 1 is 1.07 bits per heavy atom. The van der Waals surface area contributed by atoms with Crippen molar-refractivity contribution in [3.05, 3.63) is 65.5 Å². The Morgan fingerprint density at radius 2 is 1.80 bits per heavy atom. The molecule has 41 heavy (non-hydrogen) atoms. The van der Waals surface area contributed by atoms with Crippen molar-refractivity contribution in [2.45, 2.75) is 51.4 Å². The van der Waals surface area contributed by atoms with Crippen molar-refractivity contribution in [1.82, 2.24) is 20.8 Å². The van der Waals surface area contributed by atoms with Crippen LogP contribution in [0.3, 0.4) is 0 Å². The fourth-order valence-electron chi connectivity index (χ4n) is 4.02. The highest BCUT2D eigenvalue weighted by Crippen LogP contribution is 2.26. The van der Waals surface area contributed by atoms with E-state index < -0.39 is 42.1 Å². The van der Waals surface area contributed by atoms with Crippen molar-refractivity contribution in [3.63, 3.8) is 0 Å². The zero-order chi connectivity index (χ0) is 29.9. The van der Waals surface area contributed by atoms with E-state index in [1.54, 1.807) is 39.0 Å². The maximum absolute atomic E-state index is 13.2. The number of carboxylic acids is 1. The van der Waals surface area contributed by atoms with Crippen LogP contribution in [0.2, 0.25) is 0 Å². The minimum atomic E-state index is -1.23. The average molecular weight is 583 g/mol. The normalized spacial score (nSPS) is 12.4. The molecule has 3 aromatic rings. The number of aromatic nitrogens is 2. The Kier molecular flexibility index (Phi) is 11.5. The molecule has 0 saturated carbocycles. The molecule has 0 aliphatic heterocycles.